The zero-order chi connectivity index (χ0) is 23.9. The highest BCUT2D eigenvalue weighted by Gasteiger charge is 2.15. The number of halogens is 1. The maximum Gasteiger partial charge on any atom is 0.329 e. The minimum Gasteiger partial charge on any atom is -0.489 e. The molecule has 0 atom stereocenters. The molecule has 4 aromatic rings. The van der Waals surface area contributed by atoms with Crippen LogP contribution in [0.2, 0.25) is 0 Å². The first kappa shape index (κ1) is 22.7. The molecule has 4 rings (SSSR count). The predicted molar refractivity (Wildman–Crippen MR) is 130 cm³/mol. The predicted octanol–water partition coefficient (Wildman–Crippen LogP) is 5.04. The van der Waals surface area contributed by atoms with Gasteiger partial charge in [0.1, 0.15) is 18.2 Å². The monoisotopic (exact) mass is 455 g/mol. The molecule has 0 aromatic heterocycles. The van der Waals surface area contributed by atoms with Crippen molar-refractivity contribution in [2.75, 3.05) is 5.32 Å². The van der Waals surface area contributed by atoms with E-state index in [0.717, 1.165) is 21.9 Å². The van der Waals surface area contributed by atoms with Crippen LogP contribution in [0.25, 0.3) is 10.8 Å². The smallest absolute Gasteiger partial charge is 0.329 e. The van der Waals surface area contributed by atoms with E-state index in [-0.39, 0.29) is 5.69 Å². The molecule has 0 spiro atoms. The molecule has 0 saturated heterocycles. The molecular formula is C27H22FN3O3. The Morgan fingerprint density at radius 2 is 1.56 bits per heavy atom. The fourth-order valence-corrected chi connectivity index (χ4v) is 3.36. The van der Waals surface area contributed by atoms with E-state index in [4.69, 9.17) is 4.74 Å². The minimum atomic E-state index is -1.01. The van der Waals surface area contributed by atoms with Crippen LogP contribution in [0, 0.1) is 5.82 Å². The van der Waals surface area contributed by atoms with E-state index in [1.54, 1.807) is 13.0 Å². The molecule has 0 heterocycles. The van der Waals surface area contributed by atoms with E-state index in [9.17, 15) is 14.0 Å². The Kier molecular flexibility index (Phi) is 6.93. The van der Waals surface area contributed by atoms with Gasteiger partial charge in [-0.05, 0) is 65.2 Å². The lowest BCUT2D eigenvalue weighted by Crippen LogP contribution is -2.33. The number of anilines is 1. The van der Waals surface area contributed by atoms with Gasteiger partial charge in [-0.15, -0.1) is 0 Å². The summed E-state index contributed by atoms with van der Waals surface area (Å²) in [6.07, 6.45) is 0. The third kappa shape index (κ3) is 5.45. The lowest BCUT2D eigenvalue weighted by molar-refractivity contribution is -0.136. The molecule has 0 aliphatic rings. The molecule has 2 N–H and O–H groups in total. The van der Waals surface area contributed by atoms with Gasteiger partial charge in [0.25, 0.3) is 0 Å². The molecular weight excluding hydrogens is 433 g/mol. The minimum absolute atomic E-state index is 0.0811. The van der Waals surface area contributed by atoms with E-state index in [2.05, 4.69) is 34.0 Å². The van der Waals surface area contributed by atoms with Crippen molar-refractivity contribution < 1.29 is 18.7 Å². The molecule has 0 unspecified atom stereocenters. The lowest BCUT2D eigenvalue weighted by atomic mass is 10.1. The van der Waals surface area contributed by atoms with Gasteiger partial charge in [0, 0.05) is 0 Å². The first-order chi connectivity index (χ1) is 16.5. The summed E-state index contributed by atoms with van der Waals surface area (Å²) in [5.41, 5.74) is 4.43. The van der Waals surface area contributed by atoms with Crippen LogP contribution in [-0.4, -0.2) is 17.5 Å². The summed E-state index contributed by atoms with van der Waals surface area (Å²) in [7, 11) is 0. The molecule has 7 heteroatoms. The summed E-state index contributed by atoms with van der Waals surface area (Å²) in [6, 6.07) is 27.1. The number of hydrazone groups is 1. The van der Waals surface area contributed by atoms with Crippen LogP contribution >= 0.6 is 0 Å². The van der Waals surface area contributed by atoms with Gasteiger partial charge < -0.3 is 10.1 Å². The number of carbonyl (C=O) groups excluding carboxylic acids is 2. The van der Waals surface area contributed by atoms with Crippen LogP contribution in [-0.2, 0) is 16.2 Å². The summed E-state index contributed by atoms with van der Waals surface area (Å²) < 4.78 is 19.6. The van der Waals surface area contributed by atoms with E-state index < -0.39 is 17.6 Å². The van der Waals surface area contributed by atoms with Crippen molar-refractivity contribution in [2.45, 2.75) is 13.5 Å². The summed E-state index contributed by atoms with van der Waals surface area (Å²) in [6.45, 7) is 2.13. The molecule has 4 aromatic carbocycles. The molecule has 6 nitrogen and oxygen atoms in total. The lowest BCUT2D eigenvalue weighted by Gasteiger charge is -2.10. The van der Waals surface area contributed by atoms with Gasteiger partial charge >= 0.3 is 11.8 Å². The molecule has 0 fully saturated rings. The highest BCUT2D eigenvalue weighted by Crippen LogP contribution is 2.21. The fraction of sp³-hybridized carbons (Fsp3) is 0.0741. The molecule has 170 valence electrons. The second-order valence-electron chi connectivity index (χ2n) is 7.52. The molecule has 34 heavy (non-hydrogen) atoms. The number of hydrogen-bond acceptors (Lipinski definition) is 4. The molecule has 2 amide bonds. The molecule has 0 bridgehead atoms. The van der Waals surface area contributed by atoms with E-state index >= 15 is 0 Å². The first-order valence-corrected chi connectivity index (χ1v) is 10.6. The van der Waals surface area contributed by atoms with Crippen molar-refractivity contribution in [1.82, 2.24) is 5.43 Å². The van der Waals surface area contributed by atoms with Crippen LogP contribution in [0.4, 0.5) is 10.1 Å². The quantitative estimate of drug-likeness (QED) is 0.243. The number of carbonyl (C=O) groups is 2. The largest absolute Gasteiger partial charge is 0.489 e. The van der Waals surface area contributed by atoms with Gasteiger partial charge in [-0.3, -0.25) is 9.59 Å². The number of fused-ring (bicyclic) bond motifs is 1. The number of nitrogens with zero attached hydrogens (tertiary/aromatic N) is 1. The summed E-state index contributed by atoms with van der Waals surface area (Å²) >= 11 is 0. The van der Waals surface area contributed by atoms with Crippen LogP contribution < -0.4 is 15.5 Å². The van der Waals surface area contributed by atoms with Crippen LogP contribution in [0.5, 0.6) is 5.75 Å². The van der Waals surface area contributed by atoms with Crippen molar-refractivity contribution in [3.05, 3.63) is 108 Å². The number of benzene rings is 4. The second-order valence-corrected chi connectivity index (χ2v) is 7.52. The highest BCUT2D eigenvalue weighted by atomic mass is 19.1. The van der Waals surface area contributed by atoms with E-state index in [1.165, 1.54) is 18.2 Å². The number of rotatable bonds is 6. The van der Waals surface area contributed by atoms with Crippen molar-refractivity contribution >= 4 is 34.0 Å². The molecule has 0 saturated carbocycles. The van der Waals surface area contributed by atoms with Gasteiger partial charge in [0.2, 0.25) is 0 Å². The van der Waals surface area contributed by atoms with Crippen molar-refractivity contribution in [2.24, 2.45) is 5.10 Å². The standard InChI is InChI=1S/C27H22FN3O3/c1-18(30-31-27(33)26(32)29-25-12-5-4-11-24(25)28)19-13-15-22(16-14-19)34-17-21-9-6-8-20-7-2-3-10-23(20)21/h2-16H,17H2,1H3,(H,29,32)(H,31,33)/b30-18+. The Balaban J connectivity index is 1.34. The third-order valence-corrected chi connectivity index (χ3v) is 5.20. The Morgan fingerprint density at radius 1 is 0.853 bits per heavy atom. The van der Waals surface area contributed by atoms with Crippen molar-refractivity contribution in [3.63, 3.8) is 0 Å². The molecule has 0 aliphatic carbocycles. The van der Waals surface area contributed by atoms with E-state index in [0.29, 0.717) is 18.1 Å². The van der Waals surface area contributed by atoms with Gasteiger partial charge in [-0.2, -0.15) is 5.10 Å². The SMILES string of the molecule is C/C(=N\NC(=O)C(=O)Nc1ccccc1F)c1ccc(OCc2cccc3ccccc23)cc1. The number of nitrogens with one attached hydrogen (secondary N) is 2. The fourth-order valence-electron chi connectivity index (χ4n) is 3.36. The average Bonchev–Trinajstić information content (AvgIpc) is 2.87. The maximum absolute atomic E-state index is 13.6. The summed E-state index contributed by atoms with van der Waals surface area (Å²) in [4.78, 5) is 23.9. The number of hydrogen-bond donors (Lipinski definition) is 2. The molecule has 0 radical (unpaired) electrons. The van der Waals surface area contributed by atoms with Gasteiger partial charge in [0.05, 0.1) is 11.4 Å². The second kappa shape index (κ2) is 10.4. The number of para-hydroxylation sites is 1. The highest BCUT2D eigenvalue weighted by molar-refractivity contribution is 6.39. The zero-order valence-corrected chi connectivity index (χ0v) is 18.4. The van der Waals surface area contributed by atoms with Crippen molar-refractivity contribution in [3.8, 4) is 5.75 Å². The average molecular weight is 455 g/mol. The topological polar surface area (TPSA) is 79.8 Å². The van der Waals surface area contributed by atoms with Gasteiger partial charge in [0.15, 0.2) is 0 Å². The summed E-state index contributed by atoms with van der Waals surface area (Å²) in [5.74, 6) is -1.96. The Morgan fingerprint density at radius 3 is 2.35 bits per heavy atom. The van der Waals surface area contributed by atoms with Gasteiger partial charge in [-0.1, -0.05) is 54.6 Å². The maximum atomic E-state index is 13.6. The summed E-state index contributed by atoms with van der Waals surface area (Å²) in [5, 5.41) is 8.48. The normalized spacial score (nSPS) is 11.2. The first-order valence-electron chi connectivity index (χ1n) is 10.6. The van der Waals surface area contributed by atoms with Crippen LogP contribution in [0.15, 0.2) is 96.1 Å². The zero-order valence-electron chi connectivity index (χ0n) is 18.4. The van der Waals surface area contributed by atoms with Gasteiger partial charge in [-0.25, -0.2) is 9.82 Å². The Labute approximate surface area is 196 Å². The number of amides is 2. The Bertz CT molecular complexity index is 1360. The van der Waals surface area contributed by atoms with Crippen LogP contribution in [0.1, 0.15) is 18.1 Å². The molecule has 0 aliphatic heterocycles. The van der Waals surface area contributed by atoms with E-state index in [1.807, 2.05) is 48.5 Å². The number of ether oxygens (including phenoxy) is 1. The third-order valence-electron chi connectivity index (χ3n) is 5.20. The Hall–Kier alpha value is -4.52. The van der Waals surface area contributed by atoms with Crippen LogP contribution in [0.3, 0.4) is 0 Å². The van der Waals surface area contributed by atoms with Crippen molar-refractivity contribution in [1.29, 1.82) is 0 Å².